The number of fused-ring (bicyclic) bond motifs is 1. The lowest BCUT2D eigenvalue weighted by atomic mass is 10.0. The van der Waals surface area contributed by atoms with E-state index in [9.17, 15) is 9.59 Å². The van der Waals surface area contributed by atoms with Crippen LogP contribution in [0.2, 0.25) is 0 Å². The summed E-state index contributed by atoms with van der Waals surface area (Å²) in [6, 6.07) is 18.2. The Morgan fingerprint density at radius 2 is 1.70 bits per heavy atom. The van der Waals surface area contributed by atoms with E-state index in [1.807, 2.05) is 24.3 Å². The molecule has 1 saturated heterocycles. The maximum atomic E-state index is 11.9. The second kappa shape index (κ2) is 8.55. The van der Waals surface area contributed by atoms with Crippen molar-refractivity contribution in [3.05, 3.63) is 71.9 Å². The minimum atomic E-state index is -0.313. The van der Waals surface area contributed by atoms with E-state index < -0.39 is 0 Å². The van der Waals surface area contributed by atoms with Gasteiger partial charge in [0.25, 0.3) is 11.8 Å². The number of amides is 2. The number of anilines is 1. The van der Waals surface area contributed by atoms with E-state index in [2.05, 4.69) is 58.4 Å². The van der Waals surface area contributed by atoms with Crippen molar-refractivity contribution >= 4 is 34.0 Å². The predicted octanol–water partition coefficient (Wildman–Crippen LogP) is 3.13. The first kappa shape index (κ1) is 19.9. The number of aromatic nitrogens is 1. The first-order chi connectivity index (χ1) is 14.5. The summed E-state index contributed by atoms with van der Waals surface area (Å²) in [6.45, 7) is 4.78. The van der Waals surface area contributed by atoms with Crippen LogP contribution in [0.15, 0.2) is 66.4 Å². The Kier molecular flexibility index (Phi) is 5.68. The molecule has 2 aliphatic heterocycles. The van der Waals surface area contributed by atoms with Crippen LogP contribution in [0.3, 0.4) is 0 Å². The number of aryl methyl sites for hydroxylation is 1. The zero-order valence-electron chi connectivity index (χ0n) is 17.2. The van der Waals surface area contributed by atoms with Crippen LogP contribution in [-0.2, 0) is 21.4 Å². The van der Waals surface area contributed by atoms with E-state index in [4.69, 9.17) is 4.74 Å². The van der Waals surface area contributed by atoms with Crippen molar-refractivity contribution in [3.8, 4) is 0 Å². The van der Waals surface area contributed by atoms with Crippen molar-refractivity contribution in [1.82, 2.24) is 9.88 Å². The van der Waals surface area contributed by atoms with Crippen molar-refractivity contribution in [2.24, 2.45) is 7.05 Å². The normalized spacial score (nSPS) is 16.5. The summed E-state index contributed by atoms with van der Waals surface area (Å²) >= 11 is 0. The van der Waals surface area contributed by atoms with Gasteiger partial charge in [-0.25, -0.2) is 0 Å². The topological polar surface area (TPSA) is 63.6 Å². The summed E-state index contributed by atoms with van der Waals surface area (Å²) in [7, 11) is 2.06. The molecular weight excluding hydrogens is 378 g/mol. The third kappa shape index (κ3) is 4.00. The van der Waals surface area contributed by atoms with Crippen molar-refractivity contribution in [2.45, 2.75) is 6.92 Å². The fraction of sp³-hybridized carbons (Fsp3) is 0.250. The lowest BCUT2D eigenvalue weighted by molar-refractivity contribution is -0.123. The van der Waals surface area contributed by atoms with E-state index in [1.54, 1.807) is 6.92 Å². The van der Waals surface area contributed by atoms with Gasteiger partial charge in [0.05, 0.1) is 18.8 Å². The average Bonchev–Trinajstić information content (AvgIpc) is 3.28. The van der Waals surface area contributed by atoms with E-state index in [1.165, 1.54) is 10.9 Å². The number of hydrogen-bond donors (Lipinski definition) is 1. The molecule has 154 valence electrons. The summed E-state index contributed by atoms with van der Waals surface area (Å²) in [6.07, 6.45) is 2.07. The molecule has 1 N–H and O–H groups in total. The summed E-state index contributed by atoms with van der Waals surface area (Å²) in [5.41, 5.74) is 4.09. The number of ether oxygens (including phenoxy) is 1. The quantitative estimate of drug-likeness (QED) is 0.668. The Morgan fingerprint density at radius 3 is 2.40 bits per heavy atom. The largest absolute Gasteiger partial charge is 0.378 e. The number of carbonyl (C=O) groups is 2. The van der Waals surface area contributed by atoms with Gasteiger partial charge in [-0.1, -0.05) is 30.3 Å². The zero-order valence-corrected chi connectivity index (χ0v) is 17.2. The monoisotopic (exact) mass is 403 g/mol. The molecule has 1 aromatic heterocycles. The Bertz CT molecular complexity index is 1120. The molecule has 6 heteroatoms. The van der Waals surface area contributed by atoms with Crippen molar-refractivity contribution in [3.63, 3.8) is 0 Å². The number of morpholine rings is 1. The van der Waals surface area contributed by atoms with Gasteiger partial charge in [0.15, 0.2) is 0 Å². The standard InChI is InChI=1S/C15H16N2O3.C9H9N/c1-10-13(15(19)16-14(10)18)11-3-2-4-12(9-11)17-5-7-20-8-6-17;1-10-7-6-8-4-2-3-5-9(8)10/h2-4,9H,5-8H2,1H3,(H,16,18,19);2-7H,1H3. The van der Waals surface area contributed by atoms with Gasteiger partial charge < -0.3 is 14.2 Å². The lowest BCUT2D eigenvalue weighted by Crippen LogP contribution is -2.36. The molecule has 0 bridgehead atoms. The minimum absolute atomic E-state index is 0.304. The van der Waals surface area contributed by atoms with E-state index in [0.717, 1.165) is 24.3 Å². The maximum absolute atomic E-state index is 11.9. The molecule has 2 aliphatic rings. The van der Waals surface area contributed by atoms with E-state index in [0.29, 0.717) is 24.4 Å². The molecule has 1 fully saturated rings. The SMILES string of the molecule is CC1=C(c2cccc(N3CCOCC3)c2)C(=O)NC1=O.Cn1ccc2ccccc21. The van der Waals surface area contributed by atoms with Crippen LogP contribution in [0.5, 0.6) is 0 Å². The second-order valence-electron chi connectivity index (χ2n) is 7.42. The Balaban J connectivity index is 0.000000181. The van der Waals surface area contributed by atoms with E-state index >= 15 is 0 Å². The van der Waals surface area contributed by atoms with Gasteiger partial charge in [-0.15, -0.1) is 0 Å². The number of imide groups is 1. The molecule has 0 saturated carbocycles. The highest BCUT2D eigenvalue weighted by molar-refractivity contribution is 6.35. The molecule has 2 aromatic carbocycles. The van der Waals surface area contributed by atoms with Crippen LogP contribution in [0.1, 0.15) is 12.5 Å². The molecule has 3 aromatic rings. The maximum Gasteiger partial charge on any atom is 0.259 e. The third-order valence-corrected chi connectivity index (χ3v) is 5.48. The zero-order chi connectivity index (χ0) is 21.1. The van der Waals surface area contributed by atoms with Gasteiger partial charge in [0.2, 0.25) is 0 Å². The highest BCUT2D eigenvalue weighted by Crippen LogP contribution is 2.27. The fourth-order valence-corrected chi connectivity index (χ4v) is 3.79. The molecule has 5 rings (SSSR count). The van der Waals surface area contributed by atoms with Gasteiger partial charge >= 0.3 is 0 Å². The Labute approximate surface area is 175 Å². The average molecular weight is 403 g/mol. The van der Waals surface area contributed by atoms with Crippen LogP contribution < -0.4 is 10.2 Å². The first-order valence-corrected chi connectivity index (χ1v) is 10.0. The molecule has 0 aliphatic carbocycles. The van der Waals surface area contributed by atoms with Crippen molar-refractivity contribution in [1.29, 1.82) is 0 Å². The molecule has 0 radical (unpaired) electrons. The van der Waals surface area contributed by atoms with Crippen LogP contribution in [0, 0.1) is 0 Å². The molecular formula is C24H25N3O3. The highest BCUT2D eigenvalue weighted by atomic mass is 16.5. The third-order valence-electron chi connectivity index (χ3n) is 5.48. The summed E-state index contributed by atoms with van der Waals surface area (Å²) in [4.78, 5) is 25.6. The molecule has 0 atom stereocenters. The summed E-state index contributed by atoms with van der Waals surface area (Å²) in [5.74, 6) is -0.617. The molecule has 0 spiro atoms. The predicted molar refractivity (Wildman–Crippen MR) is 118 cm³/mol. The smallest absolute Gasteiger partial charge is 0.259 e. The fourth-order valence-electron chi connectivity index (χ4n) is 3.79. The van der Waals surface area contributed by atoms with Crippen LogP contribution >= 0.6 is 0 Å². The Hall–Kier alpha value is -3.38. The summed E-state index contributed by atoms with van der Waals surface area (Å²) in [5, 5.41) is 3.64. The molecule has 3 heterocycles. The highest BCUT2D eigenvalue weighted by Gasteiger charge is 2.28. The number of para-hydroxylation sites is 1. The van der Waals surface area contributed by atoms with Crippen molar-refractivity contribution in [2.75, 3.05) is 31.2 Å². The van der Waals surface area contributed by atoms with Gasteiger partial charge in [0, 0.05) is 43.1 Å². The summed E-state index contributed by atoms with van der Waals surface area (Å²) < 4.78 is 7.46. The van der Waals surface area contributed by atoms with Gasteiger partial charge in [0.1, 0.15) is 0 Å². The lowest BCUT2D eigenvalue weighted by Gasteiger charge is -2.29. The van der Waals surface area contributed by atoms with Gasteiger partial charge in [-0.2, -0.15) is 0 Å². The van der Waals surface area contributed by atoms with Gasteiger partial charge in [-0.05, 0) is 42.1 Å². The molecule has 0 unspecified atom stereocenters. The number of nitrogens with zero attached hydrogens (tertiary/aromatic N) is 2. The molecule has 30 heavy (non-hydrogen) atoms. The number of nitrogens with one attached hydrogen (secondary N) is 1. The number of benzene rings is 2. The number of carbonyl (C=O) groups excluding carboxylic acids is 2. The number of hydrogen-bond acceptors (Lipinski definition) is 4. The molecule has 2 amide bonds. The van der Waals surface area contributed by atoms with Crippen molar-refractivity contribution < 1.29 is 14.3 Å². The van der Waals surface area contributed by atoms with Gasteiger partial charge in [-0.3, -0.25) is 14.9 Å². The number of rotatable bonds is 2. The second-order valence-corrected chi connectivity index (χ2v) is 7.42. The first-order valence-electron chi connectivity index (χ1n) is 10.0. The van der Waals surface area contributed by atoms with Crippen LogP contribution in [0.25, 0.3) is 16.5 Å². The Morgan fingerprint density at radius 1 is 0.933 bits per heavy atom. The van der Waals surface area contributed by atoms with E-state index in [-0.39, 0.29) is 11.8 Å². The van der Waals surface area contributed by atoms with Crippen LogP contribution in [0.4, 0.5) is 5.69 Å². The minimum Gasteiger partial charge on any atom is -0.378 e. The van der Waals surface area contributed by atoms with Crippen LogP contribution in [-0.4, -0.2) is 42.7 Å². The molecule has 6 nitrogen and oxygen atoms in total.